The van der Waals surface area contributed by atoms with Crippen molar-refractivity contribution >= 4 is 27.8 Å². The fourth-order valence-electron chi connectivity index (χ4n) is 2.58. The maximum atomic E-state index is 12.2. The molecule has 5 nitrogen and oxygen atoms in total. The number of carbonyl (C=O) groups excluding carboxylic acids is 1. The SMILES string of the molecule is CC(C)(Cc1ccc(Br)cc1)NC(=O)[C@@H]1CC[C@H](C(=O)O)O1. The first kappa shape index (κ1) is 17.0. The maximum absolute atomic E-state index is 12.2. The number of rotatable bonds is 5. The van der Waals surface area contributed by atoms with E-state index in [4.69, 9.17) is 9.84 Å². The Morgan fingerprint density at radius 2 is 1.86 bits per heavy atom. The van der Waals surface area contributed by atoms with Crippen LogP contribution in [0.2, 0.25) is 0 Å². The number of benzene rings is 1. The van der Waals surface area contributed by atoms with E-state index in [1.54, 1.807) is 0 Å². The summed E-state index contributed by atoms with van der Waals surface area (Å²) in [7, 11) is 0. The highest BCUT2D eigenvalue weighted by molar-refractivity contribution is 9.10. The number of amides is 1. The Morgan fingerprint density at radius 3 is 2.41 bits per heavy atom. The zero-order valence-electron chi connectivity index (χ0n) is 12.6. The van der Waals surface area contributed by atoms with Gasteiger partial charge < -0.3 is 15.2 Å². The topological polar surface area (TPSA) is 75.6 Å². The van der Waals surface area contributed by atoms with Crippen LogP contribution in [0.3, 0.4) is 0 Å². The van der Waals surface area contributed by atoms with Gasteiger partial charge in [-0.25, -0.2) is 4.79 Å². The van der Waals surface area contributed by atoms with Gasteiger partial charge in [0.25, 0.3) is 0 Å². The third-order valence-corrected chi connectivity index (χ3v) is 4.14. The molecule has 2 N–H and O–H groups in total. The number of ether oxygens (including phenoxy) is 1. The van der Waals surface area contributed by atoms with Gasteiger partial charge in [-0.05, 0) is 50.8 Å². The zero-order valence-corrected chi connectivity index (χ0v) is 14.2. The van der Waals surface area contributed by atoms with Crippen LogP contribution in [-0.2, 0) is 20.7 Å². The molecule has 0 unspecified atom stereocenters. The van der Waals surface area contributed by atoms with Gasteiger partial charge in [0.15, 0.2) is 6.10 Å². The van der Waals surface area contributed by atoms with Crippen molar-refractivity contribution < 1.29 is 19.4 Å². The molecule has 0 bridgehead atoms. The van der Waals surface area contributed by atoms with Crippen LogP contribution >= 0.6 is 15.9 Å². The highest BCUT2D eigenvalue weighted by Crippen LogP contribution is 2.22. The van der Waals surface area contributed by atoms with Crippen LogP contribution in [0.4, 0.5) is 0 Å². The third-order valence-electron chi connectivity index (χ3n) is 3.61. The Kier molecular flexibility index (Phi) is 5.24. The largest absolute Gasteiger partial charge is 0.479 e. The summed E-state index contributed by atoms with van der Waals surface area (Å²) in [5, 5.41) is 11.9. The fraction of sp³-hybridized carbons (Fsp3) is 0.500. The van der Waals surface area contributed by atoms with Crippen molar-refractivity contribution in [3.63, 3.8) is 0 Å². The summed E-state index contributed by atoms with van der Waals surface area (Å²) in [5.74, 6) is -1.25. The summed E-state index contributed by atoms with van der Waals surface area (Å²) in [6.07, 6.45) is -0.0469. The molecule has 6 heteroatoms. The average Bonchev–Trinajstić information content (AvgIpc) is 2.90. The Labute approximate surface area is 138 Å². The molecular weight excluding hydrogens is 350 g/mol. The van der Waals surface area contributed by atoms with Gasteiger partial charge in [0.05, 0.1) is 0 Å². The number of nitrogens with one attached hydrogen (secondary N) is 1. The maximum Gasteiger partial charge on any atom is 0.332 e. The summed E-state index contributed by atoms with van der Waals surface area (Å²) < 4.78 is 6.29. The Balaban J connectivity index is 1.92. The summed E-state index contributed by atoms with van der Waals surface area (Å²) in [6, 6.07) is 7.94. The molecule has 120 valence electrons. The predicted octanol–water partition coefficient (Wildman–Crippen LogP) is 2.52. The van der Waals surface area contributed by atoms with Gasteiger partial charge in [-0.2, -0.15) is 0 Å². The molecule has 1 heterocycles. The summed E-state index contributed by atoms with van der Waals surface area (Å²) in [5.41, 5.74) is 0.680. The molecule has 0 saturated carbocycles. The normalized spacial score (nSPS) is 21.6. The van der Waals surface area contributed by atoms with Gasteiger partial charge >= 0.3 is 5.97 Å². The first-order chi connectivity index (χ1) is 10.3. The second-order valence-corrected chi connectivity index (χ2v) is 7.12. The molecule has 0 radical (unpaired) electrons. The standard InChI is InChI=1S/C16H20BrNO4/c1-16(2,9-10-3-5-11(17)6-4-10)18-14(19)12-7-8-13(22-12)15(20)21/h3-6,12-13H,7-9H2,1-2H3,(H,18,19)(H,20,21)/t12-,13+/m0/s1. The van der Waals surface area contributed by atoms with Crippen LogP contribution in [0.5, 0.6) is 0 Å². The van der Waals surface area contributed by atoms with E-state index in [2.05, 4.69) is 21.2 Å². The van der Waals surface area contributed by atoms with Crippen LogP contribution in [0.1, 0.15) is 32.3 Å². The minimum Gasteiger partial charge on any atom is -0.479 e. The number of carboxylic acids is 1. The molecule has 0 spiro atoms. The lowest BCUT2D eigenvalue weighted by molar-refractivity contribution is -0.152. The molecule has 22 heavy (non-hydrogen) atoms. The fourth-order valence-corrected chi connectivity index (χ4v) is 2.85. The second kappa shape index (κ2) is 6.79. The predicted molar refractivity (Wildman–Crippen MR) is 85.6 cm³/mol. The molecule has 1 aromatic carbocycles. The Hall–Kier alpha value is -1.40. The summed E-state index contributed by atoms with van der Waals surface area (Å²) >= 11 is 3.39. The van der Waals surface area contributed by atoms with Crippen LogP contribution in [0.15, 0.2) is 28.7 Å². The highest BCUT2D eigenvalue weighted by atomic mass is 79.9. The van der Waals surface area contributed by atoms with E-state index < -0.39 is 23.7 Å². The lowest BCUT2D eigenvalue weighted by Gasteiger charge is -2.28. The molecule has 1 fully saturated rings. The average molecular weight is 370 g/mol. The van der Waals surface area contributed by atoms with Gasteiger partial charge in [-0.1, -0.05) is 28.1 Å². The van der Waals surface area contributed by atoms with Gasteiger partial charge in [-0.3, -0.25) is 4.79 Å². The van der Waals surface area contributed by atoms with Crippen molar-refractivity contribution in [3.05, 3.63) is 34.3 Å². The van der Waals surface area contributed by atoms with E-state index in [9.17, 15) is 9.59 Å². The van der Waals surface area contributed by atoms with Crippen molar-refractivity contribution in [2.75, 3.05) is 0 Å². The van der Waals surface area contributed by atoms with E-state index in [1.165, 1.54) is 0 Å². The van der Waals surface area contributed by atoms with Gasteiger partial charge in [0.2, 0.25) is 5.91 Å². The number of hydrogen-bond acceptors (Lipinski definition) is 3. The van der Waals surface area contributed by atoms with Crippen molar-refractivity contribution in [1.29, 1.82) is 0 Å². The number of carbonyl (C=O) groups is 2. The smallest absolute Gasteiger partial charge is 0.332 e. The van der Waals surface area contributed by atoms with Crippen molar-refractivity contribution in [3.8, 4) is 0 Å². The van der Waals surface area contributed by atoms with Gasteiger partial charge in [-0.15, -0.1) is 0 Å². The number of hydrogen-bond donors (Lipinski definition) is 2. The van der Waals surface area contributed by atoms with E-state index in [1.807, 2.05) is 38.1 Å². The molecule has 1 aliphatic heterocycles. The minimum atomic E-state index is -1.01. The Morgan fingerprint density at radius 1 is 1.27 bits per heavy atom. The third kappa shape index (κ3) is 4.55. The first-order valence-corrected chi connectivity index (χ1v) is 8.01. The zero-order chi connectivity index (χ0) is 16.3. The van der Waals surface area contributed by atoms with Crippen LogP contribution in [-0.4, -0.2) is 34.7 Å². The summed E-state index contributed by atoms with van der Waals surface area (Å²) in [4.78, 5) is 23.1. The molecule has 1 aliphatic rings. The molecule has 1 amide bonds. The second-order valence-electron chi connectivity index (χ2n) is 6.21. The number of halogens is 1. The minimum absolute atomic E-state index is 0.245. The molecule has 0 aliphatic carbocycles. The van der Waals surface area contributed by atoms with Crippen LogP contribution in [0.25, 0.3) is 0 Å². The Bertz CT molecular complexity index is 556. The van der Waals surface area contributed by atoms with Crippen LogP contribution in [0, 0.1) is 0 Å². The quantitative estimate of drug-likeness (QED) is 0.835. The highest BCUT2D eigenvalue weighted by Gasteiger charge is 2.36. The molecule has 1 aromatic rings. The van der Waals surface area contributed by atoms with Crippen molar-refractivity contribution in [2.45, 2.75) is 50.9 Å². The monoisotopic (exact) mass is 369 g/mol. The summed E-state index contributed by atoms with van der Waals surface area (Å²) in [6.45, 7) is 3.88. The van der Waals surface area contributed by atoms with Crippen molar-refractivity contribution in [1.82, 2.24) is 5.32 Å². The lowest BCUT2D eigenvalue weighted by Crippen LogP contribution is -2.49. The molecular formula is C16H20BrNO4. The molecule has 2 rings (SSSR count). The van der Waals surface area contributed by atoms with Crippen LogP contribution < -0.4 is 5.32 Å². The van der Waals surface area contributed by atoms with Gasteiger partial charge in [0, 0.05) is 10.0 Å². The van der Waals surface area contributed by atoms with E-state index in [-0.39, 0.29) is 5.91 Å². The van der Waals surface area contributed by atoms with Gasteiger partial charge in [0.1, 0.15) is 6.10 Å². The van der Waals surface area contributed by atoms with E-state index >= 15 is 0 Å². The molecule has 0 aromatic heterocycles. The van der Waals surface area contributed by atoms with Crippen molar-refractivity contribution in [2.24, 2.45) is 0 Å². The van der Waals surface area contributed by atoms with E-state index in [0.29, 0.717) is 19.3 Å². The number of carboxylic acid groups (broad SMARTS) is 1. The first-order valence-electron chi connectivity index (χ1n) is 7.21. The molecule has 2 atom stereocenters. The molecule has 1 saturated heterocycles. The van der Waals surface area contributed by atoms with E-state index in [0.717, 1.165) is 10.0 Å². The number of aliphatic carboxylic acids is 1. The lowest BCUT2D eigenvalue weighted by atomic mass is 9.94.